The summed E-state index contributed by atoms with van der Waals surface area (Å²) in [6.07, 6.45) is 0.577. The Morgan fingerprint density at radius 2 is 2.16 bits per heavy atom. The molecule has 1 saturated carbocycles. The average molecular weight is 290 g/mol. The van der Waals surface area contributed by atoms with Gasteiger partial charge in [-0.1, -0.05) is 11.6 Å². The second-order valence-electron chi connectivity index (χ2n) is 5.14. The molecule has 0 spiro atoms. The molecule has 2 rings (SSSR count). The van der Waals surface area contributed by atoms with E-state index in [2.05, 4.69) is 0 Å². The molecule has 106 valence electrons. The van der Waals surface area contributed by atoms with E-state index >= 15 is 0 Å². The Morgan fingerprint density at radius 1 is 1.47 bits per heavy atom. The minimum Gasteiger partial charge on any atom is -0.496 e. The Hall–Kier alpha value is -0.870. The minimum absolute atomic E-state index is 0.0430. The molecule has 2 nitrogen and oxygen atoms in total. The molecular formula is C14H18ClF2NO. The smallest absolute Gasteiger partial charge is 0.251 e. The quantitative estimate of drug-likeness (QED) is 0.789. The molecule has 19 heavy (non-hydrogen) atoms. The maximum absolute atomic E-state index is 12.8. The number of hydrogen-bond acceptors (Lipinski definition) is 2. The Kier molecular flexibility index (Phi) is 4.31. The molecule has 1 aromatic carbocycles. The molecule has 0 N–H and O–H groups in total. The molecule has 0 amide bonds. The van der Waals surface area contributed by atoms with Gasteiger partial charge in [0.05, 0.1) is 7.11 Å². The van der Waals surface area contributed by atoms with E-state index in [0.717, 1.165) is 11.3 Å². The number of benzene rings is 1. The minimum atomic E-state index is -2.42. The van der Waals surface area contributed by atoms with Crippen molar-refractivity contribution in [2.24, 2.45) is 5.92 Å². The molecule has 0 bridgehead atoms. The van der Waals surface area contributed by atoms with Gasteiger partial charge in [0.2, 0.25) is 0 Å². The highest BCUT2D eigenvalue weighted by atomic mass is 35.5. The van der Waals surface area contributed by atoms with Crippen molar-refractivity contribution in [3.05, 3.63) is 28.8 Å². The Bertz CT molecular complexity index is 453. The van der Waals surface area contributed by atoms with Crippen LogP contribution in [-0.4, -0.2) is 31.5 Å². The summed E-state index contributed by atoms with van der Waals surface area (Å²) in [5, 5.41) is 0.651. The summed E-state index contributed by atoms with van der Waals surface area (Å²) in [5.41, 5.74) is 0.972. The number of rotatable bonds is 6. The largest absolute Gasteiger partial charge is 0.496 e. The Balaban J connectivity index is 1.88. The second-order valence-corrected chi connectivity index (χ2v) is 5.58. The van der Waals surface area contributed by atoms with Gasteiger partial charge in [0.15, 0.2) is 0 Å². The summed E-state index contributed by atoms with van der Waals surface area (Å²) in [4.78, 5) is 2.02. The third-order valence-corrected chi connectivity index (χ3v) is 3.73. The van der Waals surface area contributed by atoms with Crippen LogP contribution in [0.1, 0.15) is 18.4 Å². The summed E-state index contributed by atoms with van der Waals surface area (Å²) in [6, 6.07) is 5.44. The fourth-order valence-corrected chi connectivity index (χ4v) is 2.39. The number of ether oxygens (including phenoxy) is 1. The first-order valence-corrected chi connectivity index (χ1v) is 6.69. The van der Waals surface area contributed by atoms with Crippen LogP contribution < -0.4 is 4.74 Å². The van der Waals surface area contributed by atoms with Crippen molar-refractivity contribution in [2.75, 3.05) is 20.7 Å². The van der Waals surface area contributed by atoms with Gasteiger partial charge in [-0.2, -0.15) is 0 Å². The van der Waals surface area contributed by atoms with Crippen LogP contribution in [0.4, 0.5) is 8.78 Å². The molecule has 1 aliphatic rings. The molecule has 1 atom stereocenters. The van der Waals surface area contributed by atoms with Crippen LogP contribution in [0.25, 0.3) is 0 Å². The molecule has 1 aromatic rings. The molecule has 0 unspecified atom stereocenters. The van der Waals surface area contributed by atoms with E-state index in [1.165, 1.54) is 0 Å². The summed E-state index contributed by atoms with van der Waals surface area (Å²) >= 11 is 5.96. The zero-order chi connectivity index (χ0) is 14.0. The lowest BCUT2D eigenvalue weighted by atomic mass is 10.2. The second kappa shape index (κ2) is 5.63. The number of alkyl halides is 2. The summed E-state index contributed by atoms with van der Waals surface area (Å²) in [7, 11) is 3.53. The predicted molar refractivity (Wildman–Crippen MR) is 72.0 cm³/mol. The third-order valence-electron chi connectivity index (χ3n) is 3.50. The van der Waals surface area contributed by atoms with Gasteiger partial charge in [0, 0.05) is 29.5 Å². The SMILES string of the molecule is COc1ccc(Cl)cc1CN(C)CC[C@@H]1CC1(F)F. The molecule has 1 fully saturated rings. The van der Waals surface area contributed by atoms with Gasteiger partial charge in [-0.05, 0) is 38.2 Å². The van der Waals surface area contributed by atoms with E-state index in [-0.39, 0.29) is 6.42 Å². The van der Waals surface area contributed by atoms with Gasteiger partial charge in [-0.25, -0.2) is 8.78 Å². The van der Waals surface area contributed by atoms with E-state index in [9.17, 15) is 8.78 Å². The van der Waals surface area contributed by atoms with Crippen LogP contribution in [0.2, 0.25) is 5.02 Å². The molecule has 0 aromatic heterocycles. The van der Waals surface area contributed by atoms with Crippen molar-refractivity contribution in [3.63, 3.8) is 0 Å². The van der Waals surface area contributed by atoms with Crippen molar-refractivity contribution in [2.45, 2.75) is 25.3 Å². The summed E-state index contributed by atoms with van der Waals surface area (Å²) < 4.78 is 30.8. The first-order valence-electron chi connectivity index (χ1n) is 6.31. The van der Waals surface area contributed by atoms with E-state index < -0.39 is 11.8 Å². The van der Waals surface area contributed by atoms with Crippen molar-refractivity contribution < 1.29 is 13.5 Å². The number of hydrogen-bond donors (Lipinski definition) is 0. The van der Waals surface area contributed by atoms with Crippen LogP contribution in [0.15, 0.2) is 18.2 Å². The molecule has 1 aliphatic carbocycles. The number of methoxy groups -OCH3 is 1. The lowest BCUT2D eigenvalue weighted by Gasteiger charge is -2.18. The maximum atomic E-state index is 12.8. The van der Waals surface area contributed by atoms with Crippen LogP contribution in [0.3, 0.4) is 0 Å². The molecular weight excluding hydrogens is 272 g/mol. The van der Waals surface area contributed by atoms with Crippen molar-refractivity contribution >= 4 is 11.6 Å². The fourth-order valence-electron chi connectivity index (χ4n) is 2.20. The summed E-state index contributed by atoms with van der Waals surface area (Å²) in [6.45, 7) is 1.29. The number of halogens is 3. The van der Waals surface area contributed by atoms with Gasteiger partial charge >= 0.3 is 0 Å². The summed E-state index contributed by atoms with van der Waals surface area (Å²) in [5.74, 6) is -2.08. The lowest BCUT2D eigenvalue weighted by Crippen LogP contribution is -2.20. The molecule has 5 heteroatoms. The first-order chi connectivity index (χ1) is 8.92. The van der Waals surface area contributed by atoms with E-state index in [1.807, 2.05) is 24.1 Å². The van der Waals surface area contributed by atoms with Gasteiger partial charge in [-0.3, -0.25) is 0 Å². The molecule has 0 radical (unpaired) electrons. The zero-order valence-electron chi connectivity index (χ0n) is 11.1. The van der Waals surface area contributed by atoms with E-state index in [0.29, 0.717) is 24.5 Å². The third kappa shape index (κ3) is 3.80. The van der Waals surface area contributed by atoms with E-state index in [1.54, 1.807) is 13.2 Å². The normalized spacial score (nSPS) is 20.6. The fraction of sp³-hybridized carbons (Fsp3) is 0.571. The van der Waals surface area contributed by atoms with Gasteiger partial charge in [-0.15, -0.1) is 0 Å². The Morgan fingerprint density at radius 3 is 2.74 bits per heavy atom. The zero-order valence-corrected chi connectivity index (χ0v) is 11.9. The monoisotopic (exact) mass is 289 g/mol. The van der Waals surface area contributed by atoms with Crippen molar-refractivity contribution in [1.29, 1.82) is 0 Å². The molecule has 0 saturated heterocycles. The highest BCUT2D eigenvalue weighted by Gasteiger charge is 2.55. The van der Waals surface area contributed by atoms with E-state index in [4.69, 9.17) is 16.3 Å². The van der Waals surface area contributed by atoms with Crippen LogP contribution in [0.5, 0.6) is 5.75 Å². The van der Waals surface area contributed by atoms with Crippen LogP contribution >= 0.6 is 11.6 Å². The van der Waals surface area contributed by atoms with Gasteiger partial charge in [0.1, 0.15) is 5.75 Å². The van der Waals surface area contributed by atoms with Crippen LogP contribution in [0, 0.1) is 5.92 Å². The van der Waals surface area contributed by atoms with Crippen molar-refractivity contribution in [3.8, 4) is 5.75 Å². The van der Waals surface area contributed by atoms with Crippen LogP contribution in [-0.2, 0) is 6.54 Å². The number of nitrogens with zero attached hydrogens (tertiary/aromatic N) is 1. The lowest BCUT2D eigenvalue weighted by molar-refractivity contribution is 0.0943. The average Bonchev–Trinajstić information content (AvgIpc) is 2.95. The van der Waals surface area contributed by atoms with Gasteiger partial charge in [0.25, 0.3) is 5.92 Å². The standard InChI is InChI=1S/C14H18ClF2NO/c1-18(6-5-11-8-14(11,16)17)9-10-7-12(15)3-4-13(10)19-2/h3-4,7,11H,5-6,8-9H2,1-2H3/t11-/m1/s1. The maximum Gasteiger partial charge on any atom is 0.251 e. The Labute approximate surface area is 117 Å². The predicted octanol–water partition coefficient (Wildman–Crippen LogP) is 3.83. The van der Waals surface area contributed by atoms with Crippen molar-refractivity contribution in [1.82, 2.24) is 4.90 Å². The van der Waals surface area contributed by atoms with Gasteiger partial charge < -0.3 is 9.64 Å². The molecule has 0 aliphatic heterocycles. The first kappa shape index (κ1) is 14.5. The topological polar surface area (TPSA) is 12.5 Å². The molecule has 0 heterocycles. The highest BCUT2D eigenvalue weighted by molar-refractivity contribution is 6.30. The highest BCUT2D eigenvalue weighted by Crippen LogP contribution is 2.50.